The number of hydrogen-bond acceptors (Lipinski definition) is 6. The first kappa shape index (κ1) is 32.5. The first-order valence-corrected chi connectivity index (χ1v) is 14.3. The minimum atomic E-state index is -0.535. The molecule has 0 spiro atoms. The van der Waals surface area contributed by atoms with Crippen molar-refractivity contribution in [2.24, 2.45) is 0 Å². The number of nitrogens with zero attached hydrogens (tertiary/aromatic N) is 2. The molecular weight excluding hydrogens is 506 g/mol. The Hall–Kier alpha value is -3.68. The van der Waals surface area contributed by atoms with E-state index in [2.05, 4.69) is 5.32 Å². The molecule has 8 heteroatoms. The molecule has 220 valence electrons. The third kappa shape index (κ3) is 9.81. The second-order valence-corrected chi connectivity index (χ2v) is 10.2. The van der Waals surface area contributed by atoms with E-state index in [1.165, 1.54) is 0 Å². The van der Waals surface area contributed by atoms with Gasteiger partial charge in [-0.15, -0.1) is 0 Å². The number of ether oxygens (including phenoxy) is 3. The van der Waals surface area contributed by atoms with Gasteiger partial charge in [-0.25, -0.2) is 4.79 Å². The molecule has 0 unspecified atom stereocenters. The number of hydrogen-bond donors (Lipinski definition) is 1. The second-order valence-electron chi connectivity index (χ2n) is 10.2. The van der Waals surface area contributed by atoms with E-state index in [-0.39, 0.29) is 18.0 Å². The summed E-state index contributed by atoms with van der Waals surface area (Å²) in [5.41, 5.74) is 1.10. The second kappa shape index (κ2) is 15.8. The number of methoxy groups -OCH3 is 1. The number of amides is 2. The van der Waals surface area contributed by atoms with Gasteiger partial charge in [0, 0.05) is 32.3 Å². The highest BCUT2D eigenvalue weighted by Crippen LogP contribution is 2.33. The van der Waals surface area contributed by atoms with E-state index in [0.717, 1.165) is 29.8 Å². The molecule has 40 heavy (non-hydrogen) atoms. The van der Waals surface area contributed by atoms with Crippen LogP contribution in [0.3, 0.4) is 0 Å². The maximum Gasteiger partial charge on any atom is 0.410 e. The molecule has 1 aliphatic rings. The highest BCUT2D eigenvalue weighted by molar-refractivity contribution is 5.92. The number of carbonyl (C=O) groups is 2. The van der Waals surface area contributed by atoms with E-state index in [4.69, 9.17) is 14.2 Å². The predicted octanol–water partition coefficient (Wildman–Crippen LogP) is 7.21. The molecule has 8 nitrogen and oxygen atoms in total. The Balaban J connectivity index is 0.00000274. The lowest BCUT2D eigenvalue weighted by atomic mass is 10.1. The molecule has 2 amide bonds. The summed E-state index contributed by atoms with van der Waals surface area (Å²) in [6, 6.07) is 13.2. The Kier molecular flexibility index (Phi) is 12.8. The monoisotopic (exact) mass is 553 g/mol. The molecule has 1 N–H and O–H groups in total. The molecule has 1 saturated heterocycles. The molecule has 0 radical (unpaired) electrons. The van der Waals surface area contributed by atoms with Gasteiger partial charge in [0.2, 0.25) is 5.91 Å². The van der Waals surface area contributed by atoms with Crippen LogP contribution in [0.2, 0.25) is 0 Å². The van der Waals surface area contributed by atoms with Crippen LogP contribution in [0, 0.1) is 0 Å². The van der Waals surface area contributed by atoms with Crippen molar-refractivity contribution in [1.29, 1.82) is 0 Å². The minimum absolute atomic E-state index is 0.0185. The molecule has 3 rings (SSSR count). The average molecular weight is 554 g/mol. The maximum absolute atomic E-state index is 12.7. The fourth-order valence-corrected chi connectivity index (χ4v) is 4.29. The van der Waals surface area contributed by atoms with Crippen LogP contribution < -0.4 is 14.8 Å². The Morgan fingerprint density at radius 2 is 1.70 bits per heavy atom. The van der Waals surface area contributed by atoms with Gasteiger partial charge in [-0.1, -0.05) is 19.9 Å². The van der Waals surface area contributed by atoms with Crippen LogP contribution >= 0.6 is 0 Å². The van der Waals surface area contributed by atoms with E-state index in [1.54, 1.807) is 29.1 Å². The summed E-state index contributed by atoms with van der Waals surface area (Å²) >= 11 is 0. The highest BCUT2D eigenvalue weighted by Gasteiger charge is 2.32. The fourth-order valence-electron chi connectivity index (χ4n) is 4.29. The quantitative estimate of drug-likeness (QED) is 0.313. The standard InChI is InChI=1S/C30H41N3O5.C2H6/c1-7-32(8-2)28(34)18-12-22-11-17-26(27(20-22)37-25-15-13-24(36-6)14-16-25)31-21-23-10-9-19-33(23)29(35)38-30(3,4)5;1-2/h11-18,20,23,31H,7-10,19,21H2,1-6H3;1-2H3/b18-12+;/t23-;/m0./s1. The van der Waals surface area contributed by atoms with Gasteiger partial charge in [0.25, 0.3) is 0 Å². The van der Waals surface area contributed by atoms with Crippen LogP contribution in [-0.4, -0.2) is 66.7 Å². The van der Waals surface area contributed by atoms with Crippen molar-refractivity contribution in [1.82, 2.24) is 9.80 Å². The molecule has 0 bridgehead atoms. The van der Waals surface area contributed by atoms with Gasteiger partial charge in [0.05, 0.1) is 18.8 Å². The number of likely N-dealkylation sites (tertiary alicyclic amines) is 1. The number of nitrogens with one attached hydrogen (secondary N) is 1. The Morgan fingerprint density at radius 3 is 2.30 bits per heavy atom. The average Bonchev–Trinajstić information content (AvgIpc) is 3.42. The van der Waals surface area contributed by atoms with E-state index >= 15 is 0 Å². The van der Waals surface area contributed by atoms with Crippen LogP contribution in [-0.2, 0) is 9.53 Å². The lowest BCUT2D eigenvalue weighted by Crippen LogP contribution is -2.42. The molecule has 1 aliphatic heterocycles. The maximum atomic E-state index is 12.7. The number of carbonyl (C=O) groups excluding carboxylic acids is 2. The van der Waals surface area contributed by atoms with Crippen molar-refractivity contribution in [3.05, 3.63) is 54.1 Å². The van der Waals surface area contributed by atoms with Crippen molar-refractivity contribution >= 4 is 23.8 Å². The zero-order valence-corrected chi connectivity index (χ0v) is 25.5. The molecule has 1 atom stereocenters. The summed E-state index contributed by atoms with van der Waals surface area (Å²) in [5.74, 6) is 1.99. The first-order chi connectivity index (χ1) is 19.1. The van der Waals surface area contributed by atoms with Crippen LogP contribution in [0.1, 0.15) is 66.9 Å². The molecule has 2 aromatic carbocycles. The van der Waals surface area contributed by atoms with Crippen molar-refractivity contribution in [3.63, 3.8) is 0 Å². The number of rotatable bonds is 10. The third-order valence-corrected chi connectivity index (χ3v) is 6.32. The molecular formula is C32H47N3O5. The third-order valence-electron chi connectivity index (χ3n) is 6.32. The van der Waals surface area contributed by atoms with Gasteiger partial charge in [-0.2, -0.15) is 0 Å². The highest BCUT2D eigenvalue weighted by atomic mass is 16.6. The fraction of sp³-hybridized carbons (Fsp3) is 0.500. The summed E-state index contributed by atoms with van der Waals surface area (Å²) in [6.45, 7) is 16.1. The normalized spacial score (nSPS) is 14.8. The van der Waals surface area contributed by atoms with Gasteiger partial charge in [0.1, 0.15) is 17.1 Å². The predicted molar refractivity (Wildman–Crippen MR) is 162 cm³/mol. The summed E-state index contributed by atoms with van der Waals surface area (Å²) in [5, 5.41) is 3.48. The molecule has 0 aromatic heterocycles. The summed E-state index contributed by atoms with van der Waals surface area (Å²) in [7, 11) is 1.62. The molecule has 0 aliphatic carbocycles. The van der Waals surface area contributed by atoms with Crippen molar-refractivity contribution in [2.45, 2.75) is 73.0 Å². The lowest BCUT2D eigenvalue weighted by molar-refractivity contribution is -0.125. The Labute approximate surface area is 240 Å². The zero-order valence-electron chi connectivity index (χ0n) is 25.5. The van der Waals surface area contributed by atoms with Gasteiger partial charge < -0.3 is 29.3 Å². The topological polar surface area (TPSA) is 80.3 Å². The van der Waals surface area contributed by atoms with Gasteiger partial charge in [0.15, 0.2) is 5.75 Å². The van der Waals surface area contributed by atoms with Crippen molar-refractivity contribution in [3.8, 4) is 17.2 Å². The summed E-state index contributed by atoms with van der Waals surface area (Å²) < 4.78 is 17.1. The van der Waals surface area contributed by atoms with Crippen LogP contribution in [0.15, 0.2) is 48.5 Å². The lowest BCUT2D eigenvalue weighted by Gasteiger charge is -2.29. The SMILES string of the molecule is CC.CCN(CC)C(=O)/C=C/c1ccc(NC[C@@H]2CCCN2C(=O)OC(C)(C)C)c(Oc2ccc(OC)cc2)c1. The van der Waals surface area contributed by atoms with Gasteiger partial charge in [-0.05, 0) is 95.5 Å². The molecule has 1 fully saturated rings. The largest absolute Gasteiger partial charge is 0.497 e. The van der Waals surface area contributed by atoms with Crippen LogP contribution in [0.25, 0.3) is 6.08 Å². The van der Waals surface area contributed by atoms with Crippen LogP contribution in [0.4, 0.5) is 10.5 Å². The van der Waals surface area contributed by atoms with Crippen LogP contribution in [0.5, 0.6) is 17.2 Å². The van der Waals surface area contributed by atoms with E-state index < -0.39 is 5.60 Å². The minimum Gasteiger partial charge on any atom is -0.497 e. The number of likely N-dealkylation sites (N-methyl/N-ethyl adjacent to an activating group) is 1. The smallest absolute Gasteiger partial charge is 0.410 e. The van der Waals surface area contributed by atoms with Gasteiger partial charge >= 0.3 is 6.09 Å². The summed E-state index contributed by atoms with van der Waals surface area (Å²) in [6.07, 6.45) is 4.94. The van der Waals surface area contributed by atoms with Gasteiger partial charge in [-0.3, -0.25) is 4.79 Å². The van der Waals surface area contributed by atoms with E-state index in [1.807, 2.05) is 90.9 Å². The number of anilines is 1. The Morgan fingerprint density at radius 1 is 1.05 bits per heavy atom. The molecule has 1 heterocycles. The first-order valence-electron chi connectivity index (χ1n) is 14.3. The zero-order chi connectivity index (χ0) is 29.7. The molecule has 0 saturated carbocycles. The van der Waals surface area contributed by atoms with E-state index in [0.29, 0.717) is 37.7 Å². The van der Waals surface area contributed by atoms with E-state index in [9.17, 15) is 9.59 Å². The Bertz CT molecular complexity index is 1100. The molecule has 2 aromatic rings. The summed E-state index contributed by atoms with van der Waals surface area (Å²) in [4.78, 5) is 28.7. The van der Waals surface area contributed by atoms with Crippen molar-refractivity contribution in [2.75, 3.05) is 38.6 Å². The van der Waals surface area contributed by atoms with Crippen molar-refractivity contribution < 1.29 is 23.8 Å². The number of benzene rings is 2.